The molecule has 4 rings (SSSR count). The second-order valence-corrected chi connectivity index (χ2v) is 7.75. The molecule has 9 heteroatoms. The lowest BCUT2D eigenvalue weighted by Crippen LogP contribution is -2.44. The van der Waals surface area contributed by atoms with Crippen molar-refractivity contribution < 1.29 is 14.4 Å². The molecule has 3 heterocycles. The average molecular weight is 375 g/mol. The number of hydrogen-bond acceptors (Lipinski definition) is 5. The maximum atomic E-state index is 12.5. The van der Waals surface area contributed by atoms with Crippen LogP contribution >= 0.6 is 11.3 Å². The highest BCUT2D eigenvalue weighted by atomic mass is 32.1. The summed E-state index contributed by atoms with van der Waals surface area (Å²) in [4.78, 5) is 43.1. The minimum atomic E-state index is -0.658. The molecule has 0 unspecified atom stereocenters. The first kappa shape index (κ1) is 17.0. The van der Waals surface area contributed by atoms with Crippen molar-refractivity contribution in [3.63, 3.8) is 0 Å². The number of fused-ring (bicyclic) bond motifs is 1. The Kier molecular flexibility index (Phi) is 4.39. The maximum Gasteiger partial charge on any atom is 0.325 e. The Hall–Kier alpha value is -2.42. The van der Waals surface area contributed by atoms with E-state index >= 15 is 0 Å². The van der Waals surface area contributed by atoms with E-state index in [1.54, 1.807) is 0 Å². The van der Waals surface area contributed by atoms with Crippen molar-refractivity contribution >= 4 is 34.1 Å². The summed E-state index contributed by atoms with van der Waals surface area (Å²) in [6.07, 6.45) is 7.92. The highest BCUT2D eigenvalue weighted by Crippen LogP contribution is 2.34. The Labute approximate surface area is 154 Å². The van der Waals surface area contributed by atoms with E-state index in [2.05, 4.69) is 15.6 Å². The molecule has 1 saturated carbocycles. The third-order valence-corrected chi connectivity index (χ3v) is 5.84. The molecule has 0 aromatic carbocycles. The third kappa shape index (κ3) is 3.07. The molecule has 2 aromatic rings. The van der Waals surface area contributed by atoms with Crippen molar-refractivity contribution in [1.82, 2.24) is 24.9 Å². The molecule has 0 atom stereocenters. The van der Waals surface area contributed by atoms with Gasteiger partial charge in [0, 0.05) is 30.9 Å². The van der Waals surface area contributed by atoms with Crippen LogP contribution in [0.1, 0.15) is 37.8 Å². The van der Waals surface area contributed by atoms with Crippen molar-refractivity contribution in [2.45, 2.75) is 44.1 Å². The minimum Gasteiger partial charge on any atom is -0.356 e. The van der Waals surface area contributed by atoms with E-state index in [1.165, 1.54) is 16.2 Å². The van der Waals surface area contributed by atoms with Crippen LogP contribution in [0.15, 0.2) is 17.8 Å². The van der Waals surface area contributed by atoms with Crippen LogP contribution in [0.25, 0.3) is 4.96 Å². The van der Waals surface area contributed by atoms with E-state index in [0.29, 0.717) is 19.5 Å². The number of nitrogens with one attached hydrogen (secondary N) is 2. The number of imidazole rings is 1. The van der Waals surface area contributed by atoms with Gasteiger partial charge in [-0.15, -0.1) is 11.3 Å². The van der Waals surface area contributed by atoms with E-state index in [0.717, 1.165) is 36.3 Å². The molecule has 8 nitrogen and oxygen atoms in total. The number of imide groups is 1. The second kappa shape index (κ2) is 6.71. The van der Waals surface area contributed by atoms with Crippen molar-refractivity contribution in [3.05, 3.63) is 23.5 Å². The van der Waals surface area contributed by atoms with Crippen molar-refractivity contribution in [2.75, 3.05) is 13.1 Å². The summed E-state index contributed by atoms with van der Waals surface area (Å²) in [5.74, 6) is -0.218. The number of nitrogens with zero attached hydrogens (tertiary/aromatic N) is 3. The lowest BCUT2D eigenvalue weighted by Gasteiger charge is -2.20. The van der Waals surface area contributed by atoms with Crippen LogP contribution in [-0.4, -0.2) is 50.8 Å². The van der Waals surface area contributed by atoms with Gasteiger partial charge < -0.3 is 10.6 Å². The normalized spacial score (nSPS) is 18.8. The zero-order valence-electron chi connectivity index (χ0n) is 14.4. The molecular weight excluding hydrogens is 354 g/mol. The Morgan fingerprint density at radius 3 is 2.92 bits per heavy atom. The molecule has 1 aliphatic heterocycles. The number of urea groups is 1. The minimum absolute atomic E-state index is 0.107. The molecule has 1 saturated heterocycles. The summed E-state index contributed by atoms with van der Waals surface area (Å²) in [5.41, 5.74) is 0.0699. The van der Waals surface area contributed by atoms with E-state index in [1.807, 2.05) is 22.2 Å². The number of hydrogen-bond donors (Lipinski definition) is 2. The third-order valence-electron chi connectivity index (χ3n) is 5.07. The van der Waals surface area contributed by atoms with Gasteiger partial charge in [-0.1, -0.05) is 12.8 Å². The van der Waals surface area contributed by atoms with E-state index in [4.69, 9.17) is 0 Å². The van der Waals surface area contributed by atoms with Gasteiger partial charge in [0.15, 0.2) is 4.96 Å². The fourth-order valence-corrected chi connectivity index (χ4v) is 4.47. The number of carbonyl (C=O) groups is 3. The topological polar surface area (TPSA) is 95.8 Å². The van der Waals surface area contributed by atoms with Gasteiger partial charge in [0.25, 0.3) is 5.91 Å². The highest BCUT2D eigenvalue weighted by Gasteiger charge is 2.51. The molecule has 1 aliphatic carbocycles. The number of carbonyl (C=O) groups excluding carboxylic acids is 3. The number of amides is 4. The standard InChI is InChI=1S/C17H21N5O3S/c23-13(10-12-11-21-8-9-26-16(21)19-12)18-6-3-7-22-14(24)17(20-15(22)25)4-1-2-5-17/h8-9,11H,1-7,10H2,(H,18,23)(H,20,25). The van der Waals surface area contributed by atoms with Gasteiger partial charge in [0.05, 0.1) is 12.1 Å². The van der Waals surface area contributed by atoms with E-state index < -0.39 is 5.54 Å². The Morgan fingerprint density at radius 1 is 1.35 bits per heavy atom. The summed E-state index contributed by atoms with van der Waals surface area (Å²) in [5, 5.41) is 7.63. The Bertz CT molecular complexity index is 823. The van der Waals surface area contributed by atoms with Gasteiger partial charge in [0.1, 0.15) is 5.54 Å². The first-order valence-corrected chi connectivity index (χ1v) is 9.77. The monoisotopic (exact) mass is 375 g/mol. The van der Waals surface area contributed by atoms with Crippen molar-refractivity contribution in [1.29, 1.82) is 0 Å². The van der Waals surface area contributed by atoms with Crippen LogP contribution in [0.3, 0.4) is 0 Å². The fourth-order valence-electron chi connectivity index (χ4n) is 3.75. The molecule has 2 fully saturated rings. The molecule has 138 valence electrons. The summed E-state index contributed by atoms with van der Waals surface area (Å²) >= 11 is 1.52. The highest BCUT2D eigenvalue weighted by molar-refractivity contribution is 7.15. The molecule has 0 bridgehead atoms. The van der Waals surface area contributed by atoms with Gasteiger partial charge in [-0.2, -0.15) is 0 Å². The Morgan fingerprint density at radius 2 is 2.15 bits per heavy atom. The summed E-state index contributed by atoms with van der Waals surface area (Å²) in [6, 6.07) is -0.304. The SMILES string of the molecule is O=C(Cc1cn2ccsc2n1)NCCCN1C(=O)NC2(CCCC2)C1=O. The van der Waals surface area contributed by atoms with Crippen LogP contribution in [0, 0.1) is 0 Å². The van der Waals surface area contributed by atoms with Crippen LogP contribution in [0.5, 0.6) is 0 Å². The van der Waals surface area contributed by atoms with Gasteiger partial charge in [-0.3, -0.25) is 18.9 Å². The number of thiazole rings is 1. The zero-order chi connectivity index (χ0) is 18.1. The number of rotatable bonds is 6. The quantitative estimate of drug-likeness (QED) is 0.588. The van der Waals surface area contributed by atoms with Gasteiger partial charge in [-0.25, -0.2) is 9.78 Å². The molecule has 2 aliphatic rings. The molecule has 4 amide bonds. The lowest BCUT2D eigenvalue weighted by molar-refractivity contribution is -0.131. The molecule has 2 N–H and O–H groups in total. The van der Waals surface area contributed by atoms with Crippen LogP contribution in [-0.2, 0) is 16.0 Å². The molecule has 26 heavy (non-hydrogen) atoms. The van der Waals surface area contributed by atoms with E-state index in [9.17, 15) is 14.4 Å². The molecule has 0 radical (unpaired) electrons. The first-order valence-electron chi connectivity index (χ1n) is 8.89. The largest absolute Gasteiger partial charge is 0.356 e. The van der Waals surface area contributed by atoms with Gasteiger partial charge >= 0.3 is 6.03 Å². The van der Waals surface area contributed by atoms with Crippen LogP contribution < -0.4 is 10.6 Å². The zero-order valence-corrected chi connectivity index (χ0v) is 15.2. The summed E-state index contributed by atoms with van der Waals surface area (Å²) in [7, 11) is 0. The summed E-state index contributed by atoms with van der Waals surface area (Å²) in [6.45, 7) is 0.748. The predicted octanol–water partition coefficient (Wildman–Crippen LogP) is 1.31. The smallest absolute Gasteiger partial charge is 0.325 e. The number of aromatic nitrogens is 2. The van der Waals surface area contributed by atoms with Crippen LogP contribution in [0.4, 0.5) is 4.79 Å². The van der Waals surface area contributed by atoms with Crippen molar-refractivity contribution in [3.8, 4) is 0 Å². The van der Waals surface area contributed by atoms with Gasteiger partial charge in [-0.05, 0) is 19.3 Å². The van der Waals surface area contributed by atoms with Crippen molar-refractivity contribution in [2.24, 2.45) is 0 Å². The maximum absolute atomic E-state index is 12.5. The first-order chi connectivity index (χ1) is 12.6. The Balaban J connectivity index is 1.22. The predicted molar refractivity (Wildman–Crippen MR) is 95.8 cm³/mol. The molecule has 1 spiro atoms. The molecule has 2 aromatic heterocycles. The molecular formula is C17H21N5O3S. The van der Waals surface area contributed by atoms with Crippen LogP contribution in [0.2, 0.25) is 0 Å². The van der Waals surface area contributed by atoms with Gasteiger partial charge in [0.2, 0.25) is 5.91 Å². The summed E-state index contributed by atoms with van der Waals surface area (Å²) < 4.78 is 1.89. The lowest BCUT2D eigenvalue weighted by atomic mass is 9.98. The second-order valence-electron chi connectivity index (χ2n) is 6.88. The van der Waals surface area contributed by atoms with E-state index in [-0.39, 0.29) is 24.3 Å². The fraction of sp³-hybridized carbons (Fsp3) is 0.529. The average Bonchev–Trinajstić information content (AvgIpc) is 3.33.